The van der Waals surface area contributed by atoms with Crippen LogP contribution in [0.5, 0.6) is 11.5 Å². The van der Waals surface area contributed by atoms with Crippen molar-refractivity contribution >= 4 is 0 Å². The molecule has 0 aliphatic rings. The molecule has 1 heterocycles. The molecule has 5 nitrogen and oxygen atoms in total. The Morgan fingerprint density at radius 3 is 2.48 bits per heavy atom. The van der Waals surface area contributed by atoms with Crippen LogP contribution in [0.25, 0.3) is 0 Å². The topological polar surface area (TPSA) is 48.3 Å². The van der Waals surface area contributed by atoms with Crippen LogP contribution in [0.1, 0.15) is 31.1 Å². The molecule has 0 bridgehead atoms. The second-order valence-electron chi connectivity index (χ2n) is 4.76. The molecule has 114 valence electrons. The summed E-state index contributed by atoms with van der Waals surface area (Å²) >= 11 is 0. The van der Waals surface area contributed by atoms with Crippen LogP contribution in [0.15, 0.2) is 30.7 Å². The Morgan fingerprint density at radius 1 is 1.19 bits per heavy atom. The predicted octanol–water partition coefficient (Wildman–Crippen LogP) is 2.53. The lowest BCUT2D eigenvalue weighted by atomic mass is 10.0. The van der Waals surface area contributed by atoms with E-state index >= 15 is 0 Å². The summed E-state index contributed by atoms with van der Waals surface area (Å²) in [4.78, 5) is 4.43. The van der Waals surface area contributed by atoms with Gasteiger partial charge in [-0.1, -0.05) is 6.07 Å². The van der Waals surface area contributed by atoms with Crippen LogP contribution < -0.4 is 14.8 Å². The molecule has 0 aliphatic heterocycles. The van der Waals surface area contributed by atoms with E-state index in [1.54, 1.807) is 6.33 Å². The maximum absolute atomic E-state index is 5.69. The van der Waals surface area contributed by atoms with E-state index in [4.69, 9.17) is 9.47 Å². The van der Waals surface area contributed by atoms with Crippen LogP contribution in [0, 0.1) is 0 Å². The number of aromatic nitrogens is 2. The highest BCUT2D eigenvalue weighted by molar-refractivity contribution is 5.45. The van der Waals surface area contributed by atoms with Crippen molar-refractivity contribution in [2.75, 3.05) is 20.3 Å². The molecule has 1 unspecified atom stereocenters. The summed E-state index contributed by atoms with van der Waals surface area (Å²) in [5, 5.41) is 3.30. The van der Waals surface area contributed by atoms with Crippen LogP contribution in [0.3, 0.4) is 0 Å². The van der Waals surface area contributed by atoms with Gasteiger partial charge in [-0.05, 0) is 38.6 Å². The Balaban J connectivity index is 2.35. The minimum Gasteiger partial charge on any atom is -0.490 e. The summed E-state index contributed by atoms with van der Waals surface area (Å²) in [7, 11) is 3.89. The first-order valence-electron chi connectivity index (χ1n) is 7.24. The van der Waals surface area contributed by atoms with Crippen molar-refractivity contribution in [3.05, 3.63) is 42.0 Å². The summed E-state index contributed by atoms with van der Waals surface area (Å²) in [6.07, 6.45) is 3.82. The standard InChI is InChI=1S/C16H23N3O2/c1-5-20-14-8-7-12(9-15(14)21-6-2)16(17-3)13-10-19(4)11-18-13/h7-11,16-17H,5-6H2,1-4H3. The van der Waals surface area contributed by atoms with Crippen molar-refractivity contribution in [1.29, 1.82) is 0 Å². The van der Waals surface area contributed by atoms with Crippen molar-refractivity contribution in [2.45, 2.75) is 19.9 Å². The van der Waals surface area contributed by atoms with Crippen molar-refractivity contribution in [3.63, 3.8) is 0 Å². The number of aryl methyl sites for hydroxylation is 1. The minimum atomic E-state index is 0.0288. The lowest BCUT2D eigenvalue weighted by Gasteiger charge is -2.17. The summed E-state index contributed by atoms with van der Waals surface area (Å²) in [5.41, 5.74) is 2.08. The lowest BCUT2D eigenvalue weighted by Crippen LogP contribution is -2.18. The minimum absolute atomic E-state index is 0.0288. The second-order valence-corrected chi connectivity index (χ2v) is 4.76. The summed E-state index contributed by atoms with van der Waals surface area (Å²) in [6, 6.07) is 6.05. The number of nitrogens with one attached hydrogen (secondary N) is 1. The summed E-state index contributed by atoms with van der Waals surface area (Å²) in [5.74, 6) is 1.55. The SMILES string of the molecule is CCOc1ccc(C(NC)c2cn(C)cn2)cc1OCC. The molecule has 0 saturated carbocycles. The third-order valence-electron chi connectivity index (χ3n) is 3.21. The van der Waals surface area contributed by atoms with Gasteiger partial charge < -0.3 is 19.4 Å². The van der Waals surface area contributed by atoms with E-state index in [0.717, 1.165) is 22.8 Å². The Morgan fingerprint density at radius 2 is 1.90 bits per heavy atom. The smallest absolute Gasteiger partial charge is 0.161 e. The Hall–Kier alpha value is -2.01. The number of hydrogen-bond acceptors (Lipinski definition) is 4. The number of hydrogen-bond donors (Lipinski definition) is 1. The molecule has 1 N–H and O–H groups in total. The summed E-state index contributed by atoms with van der Waals surface area (Å²) in [6.45, 7) is 5.16. The highest BCUT2D eigenvalue weighted by Gasteiger charge is 2.17. The van der Waals surface area contributed by atoms with E-state index in [-0.39, 0.29) is 6.04 Å². The van der Waals surface area contributed by atoms with Gasteiger partial charge in [-0.3, -0.25) is 0 Å². The zero-order valence-electron chi connectivity index (χ0n) is 13.1. The molecule has 0 spiro atoms. The van der Waals surface area contributed by atoms with Crippen LogP contribution in [-0.2, 0) is 7.05 Å². The van der Waals surface area contributed by atoms with Crippen molar-refractivity contribution in [2.24, 2.45) is 7.05 Å². The fourth-order valence-corrected chi connectivity index (χ4v) is 2.31. The largest absolute Gasteiger partial charge is 0.490 e. The van der Waals surface area contributed by atoms with Crippen molar-refractivity contribution in [1.82, 2.24) is 14.9 Å². The monoisotopic (exact) mass is 289 g/mol. The first-order chi connectivity index (χ1) is 10.2. The van der Waals surface area contributed by atoms with Crippen LogP contribution in [-0.4, -0.2) is 29.8 Å². The Labute approximate surface area is 125 Å². The molecule has 1 atom stereocenters. The van der Waals surface area contributed by atoms with Crippen LogP contribution >= 0.6 is 0 Å². The van der Waals surface area contributed by atoms with Crippen molar-refractivity contribution < 1.29 is 9.47 Å². The predicted molar refractivity (Wildman–Crippen MR) is 82.9 cm³/mol. The van der Waals surface area contributed by atoms with Crippen molar-refractivity contribution in [3.8, 4) is 11.5 Å². The second kappa shape index (κ2) is 7.13. The van der Waals surface area contributed by atoms with E-state index < -0.39 is 0 Å². The third-order valence-corrected chi connectivity index (χ3v) is 3.21. The molecular weight excluding hydrogens is 266 g/mol. The highest BCUT2D eigenvalue weighted by Crippen LogP contribution is 2.32. The Kier molecular flexibility index (Phi) is 5.22. The van der Waals surface area contributed by atoms with E-state index in [9.17, 15) is 0 Å². The summed E-state index contributed by atoms with van der Waals surface area (Å²) < 4.78 is 13.2. The fourth-order valence-electron chi connectivity index (χ4n) is 2.31. The normalized spacial score (nSPS) is 12.2. The molecule has 0 amide bonds. The average Bonchev–Trinajstić information content (AvgIpc) is 2.89. The van der Waals surface area contributed by atoms with E-state index in [1.807, 2.05) is 56.9 Å². The van der Waals surface area contributed by atoms with E-state index in [0.29, 0.717) is 13.2 Å². The molecule has 1 aromatic heterocycles. The molecule has 5 heteroatoms. The van der Waals surface area contributed by atoms with Crippen LogP contribution in [0.2, 0.25) is 0 Å². The van der Waals surface area contributed by atoms with Crippen LogP contribution in [0.4, 0.5) is 0 Å². The zero-order valence-corrected chi connectivity index (χ0v) is 13.1. The maximum atomic E-state index is 5.69. The highest BCUT2D eigenvalue weighted by atomic mass is 16.5. The van der Waals surface area contributed by atoms with E-state index in [2.05, 4.69) is 10.3 Å². The van der Waals surface area contributed by atoms with Gasteiger partial charge in [0.05, 0.1) is 31.3 Å². The lowest BCUT2D eigenvalue weighted by molar-refractivity contribution is 0.287. The van der Waals surface area contributed by atoms with Gasteiger partial charge >= 0.3 is 0 Å². The number of benzene rings is 1. The molecule has 0 radical (unpaired) electrons. The molecule has 2 rings (SSSR count). The number of rotatable bonds is 7. The fraction of sp³-hybridized carbons (Fsp3) is 0.438. The molecule has 0 saturated heterocycles. The molecule has 0 aliphatic carbocycles. The van der Waals surface area contributed by atoms with Gasteiger partial charge in [0, 0.05) is 13.2 Å². The number of nitrogens with zero attached hydrogens (tertiary/aromatic N) is 2. The van der Waals surface area contributed by atoms with Gasteiger partial charge in [0.2, 0.25) is 0 Å². The Bertz CT molecular complexity index is 581. The van der Waals surface area contributed by atoms with Gasteiger partial charge in [0.15, 0.2) is 11.5 Å². The molecule has 0 fully saturated rings. The first-order valence-corrected chi connectivity index (χ1v) is 7.24. The van der Waals surface area contributed by atoms with Gasteiger partial charge in [-0.2, -0.15) is 0 Å². The quantitative estimate of drug-likeness (QED) is 0.851. The zero-order chi connectivity index (χ0) is 15.2. The van der Waals surface area contributed by atoms with Gasteiger partial charge in [0.25, 0.3) is 0 Å². The maximum Gasteiger partial charge on any atom is 0.161 e. The molecular formula is C16H23N3O2. The molecule has 1 aromatic carbocycles. The van der Waals surface area contributed by atoms with Gasteiger partial charge in [-0.15, -0.1) is 0 Å². The average molecular weight is 289 g/mol. The van der Waals surface area contributed by atoms with E-state index in [1.165, 1.54) is 0 Å². The molecule has 21 heavy (non-hydrogen) atoms. The van der Waals surface area contributed by atoms with Gasteiger partial charge in [-0.25, -0.2) is 4.98 Å². The number of imidazole rings is 1. The third kappa shape index (κ3) is 3.55. The molecule has 2 aromatic rings. The van der Waals surface area contributed by atoms with Gasteiger partial charge in [0.1, 0.15) is 0 Å². The first kappa shape index (κ1) is 15.4. The number of ether oxygens (including phenoxy) is 2.